The fourth-order valence-electron chi connectivity index (χ4n) is 0.673. The summed E-state index contributed by atoms with van der Waals surface area (Å²) in [6, 6.07) is 0. The van der Waals surface area contributed by atoms with Crippen LogP contribution in [0.25, 0.3) is 0 Å². The standard InChI is InChI=1S/C5H11NO2/c6-3-5-4-7-1-2-8-5/h5H,1-4,6H2/t5-/m0/s1. The van der Waals surface area contributed by atoms with Crippen molar-refractivity contribution in [3.8, 4) is 0 Å². The predicted octanol–water partition coefficient (Wildman–Crippen LogP) is -0.640. The maximum absolute atomic E-state index is 5.30. The van der Waals surface area contributed by atoms with Gasteiger partial charge in [0.1, 0.15) is 0 Å². The van der Waals surface area contributed by atoms with Gasteiger partial charge in [-0.2, -0.15) is 0 Å². The Kier molecular flexibility index (Phi) is 2.27. The molecule has 1 heterocycles. The quantitative estimate of drug-likeness (QED) is 0.497. The second kappa shape index (κ2) is 3.02. The van der Waals surface area contributed by atoms with Crippen LogP contribution in [0.15, 0.2) is 0 Å². The maximum atomic E-state index is 5.30. The van der Waals surface area contributed by atoms with Gasteiger partial charge in [0, 0.05) is 6.54 Å². The molecule has 1 aliphatic heterocycles. The molecule has 1 rings (SSSR count). The molecule has 2 N–H and O–H groups in total. The van der Waals surface area contributed by atoms with E-state index < -0.39 is 0 Å². The minimum Gasteiger partial charge on any atom is -0.376 e. The first-order chi connectivity index (χ1) is 3.93. The van der Waals surface area contributed by atoms with E-state index in [-0.39, 0.29) is 6.10 Å². The zero-order valence-electron chi connectivity index (χ0n) is 4.80. The Bertz CT molecular complexity index is 61.4. The third-order valence-corrected chi connectivity index (χ3v) is 1.15. The molecule has 0 spiro atoms. The predicted molar refractivity (Wildman–Crippen MR) is 29.6 cm³/mol. The Morgan fingerprint density at radius 2 is 2.38 bits per heavy atom. The van der Waals surface area contributed by atoms with E-state index in [9.17, 15) is 0 Å². The largest absolute Gasteiger partial charge is 0.376 e. The van der Waals surface area contributed by atoms with Gasteiger partial charge < -0.3 is 15.2 Å². The van der Waals surface area contributed by atoms with Crippen LogP contribution >= 0.6 is 0 Å². The highest BCUT2D eigenvalue weighted by Crippen LogP contribution is 1.96. The Balaban J connectivity index is 2.13. The van der Waals surface area contributed by atoms with Gasteiger partial charge in [0.15, 0.2) is 0 Å². The minimum atomic E-state index is 0.142. The van der Waals surface area contributed by atoms with Crippen LogP contribution in [0.4, 0.5) is 0 Å². The second-order valence-corrected chi connectivity index (χ2v) is 1.80. The summed E-state index contributed by atoms with van der Waals surface area (Å²) in [5.74, 6) is 0. The van der Waals surface area contributed by atoms with E-state index in [0.717, 1.165) is 6.61 Å². The molecule has 3 nitrogen and oxygen atoms in total. The molecule has 1 fully saturated rings. The van der Waals surface area contributed by atoms with Crippen molar-refractivity contribution < 1.29 is 9.47 Å². The molecule has 48 valence electrons. The summed E-state index contributed by atoms with van der Waals surface area (Å²) < 4.78 is 10.2. The van der Waals surface area contributed by atoms with E-state index in [1.165, 1.54) is 0 Å². The smallest absolute Gasteiger partial charge is 0.0931 e. The summed E-state index contributed by atoms with van der Waals surface area (Å²) in [6.07, 6.45) is 0.142. The van der Waals surface area contributed by atoms with Gasteiger partial charge in [-0.1, -0.05) is 0 Å². The first-order valence-electron chi connectivity index (χ1n) is 2.83. The van der Waals surface area contributed by atoms with Gasteiger partial charge in [-0.05, 0) is 0 Å². The van der Waals surface area contributed by atoms with Crippen molar-refractivity contribution in [2.75, 3.05) is 26.4 Å². The van der Waals surface area contributed by atoms with Crippen molar-refractivity contribution in [1.82, 2.24) is 0 Å². The van der Waals surface area contributed by atoms with E-state index in [1.54, 1.807) is 0 Å². The number of rotatable bonds is 1. The Labute approximate surface area is 48.8 Å². The van der Waals surface area contributed by atoms with E-state index in [4.69, 9.17) is 15.2 Å². The zero-order valence-corrected chi connectivity index (χ0v) is 4.80. The highest BCUT2D eigenvalue weighted by molar-refractivity contribution is 4.59. The fraction of sp³-hybridized carbons (Fsp3) is 1.00. The molecule has 3 heteroatoms. The third-order valence-electron chi connectivity index (χ3n) is 1.15. The van der Waals surface area contributed by atoms with Gasteiger partial charge in [-0.25, -0.2) is 0 Å². The monoisotopic (exact) mass is 117 g/mol. The van der Waals surface area contributed by atoms with Crippen LogP contribution < -0.4 is 5.73 Å². The normalized spacial score (nSPS) is 30.4. The molecule has 0 radical (unpaired) electrons. The number of hydrogen-bond donors (Lipinski definition) is 1. The van der Waals surface area contributed by atoms with Crippen molar-refractivity contribution in [1.29, 1.82) is 0 Å². The number of ether oxygens (including phenoxy) is 2. The summed E-state index contributed by atoms with van der Waals surface area (Å²) in [5, 5.41) is 0. The molecular weight excluding hydrogens is 106 g/mol. The van der Waals surface area contributed by atoms with E-state index in [0.29, 0.717) is 19.8 Å². The van der Waals surface area contributed by atoms with E-state index in [1.807, 2.05) is 0 Å². The number of nitrogens with two attached hydrogens (primary N) is 1. The van der Waals surface area contributed by atoms with Crippen molar-refractivity contribution in [3.05, 3.63) is 0 Å². The molecule has 1 atom stereocenters. The van der Waals surface area contributed by atoms with Crippen LogP contribution in [0.3, 0.4) is 0 Å². The Morgan fingerprint density at radius 3 is 2.75 bits per heavy atom. The first-order valence-corrected chi connectivity index (χ1v) is 2.83. The molecule has 0 aromatic rings. The molecule has 1 aliphatic rings. The van der Waals surface area contributed by atoms with Gasteiger partial charge >= 0.3 is 0 Å². The molecule has 0 unspecified atom stereocenters. The van der Waals surface area contributed by atoms with Crippen molar-refractivity contribution in [2.45, 2.75) is 6.10 Å². The molecule has 0 aromatic carbocycles. The molecule has 1 saturated heterocycles. The summed E-state index contributed by atoms with van der Waals surface area (Å²) >= 11 is 0. The second-order valence-electron chi connectivity index (χ2n) is 1.80. The van der Waals surface area contributed by atoms with Gasteiger partial charge in [0.25, 0.3) is 0 Å². The Morgan fingerprint density at radius 1 is 1.50 bits per heavy atom. The zero-order chi connectivity index (χ0) is 5.82. The third kappa shape index (κ3) is 1.43. The molecule has 0 aliphatic carbocycles. The van der Waals surface area contributed by atoms with E-state index in [2.05, 4.69) is 0 Å². The summed E-state index contributed by atoms with van der Waals surface area (Å²) in [5.41, 5.74) is 5.30. The average molecular weight is 117 g/mol. The maximum Gasteiger partial charge on any atom is 0.0931 e. The number of hydrogen-bond acceptors (Lipinski definition) is 3. The lowest BCUT2D eigenvalue weighted by atomic mass is 10.3. The summed E-state index contributed by atoms with van der Waals surface area (Å²) in [6.45, 7) is 2.65. The first kappa shape index (κ1) is 6.01. The van der Waals surface area contributed by atoms with Crippen LogP contribution in [0.1, 0.15) is 0 Å². The van der Waals surface area contributed by atoms with Crippen molar-refractivity contribution in [3.63, 3.8) is 0 Å². The lowest BCUT2D eigenvalue weighted by molar-refractivity contribution is -0.0834. The SMILES string of the molecule is NC[C@H]1COCCO1. The average Bonchev–Trinajstić information content (AvgIpc) is 1.90. The molecule has 8 heavy (non-hydrogen) atoms. The molecule has 0 aromatic heterocycles. The van der Waals surface area contributed by atoms with Gasteiger partial charge in [0.05, 0.1) is 25.9 Å². The van der Waals surface area contributed by atoms with Crippen LogP contribution in [-0.4, -0.2) is 32.5 Å². The fourth-order valence-corrected chi connectivity index (χ4v) is 0.673. The Hall–Kier alpha value is -0.120. The highest BCUT2D eigenvalue weighted by Gasteiger charge is 2.10. The molecular formula is C5H11NO2. The van der Waals surface area contributed by atoms with Gasteiger partial charge in [-0.15, -0.1) is 0 Å². The van der Waals surface area contributed by atoms with Crippen molar-refractivity contribution >= 4 is 0 Å². The van der Waals surface area contributed by atoms with Crippen LogP contribution in [-0.2, 0) is 9.47 Å². The summed E-state index contributed by atoms with van der Waals surface area (Å²) in [4.78, 5) is 0. The topological polar surface area (TPSA) is 44.5 Å². The lowest BCUT2D eigenvalue weighted by Crippen LogP contribution is -2.34. The molecule has 0 bridgehead atoms. The van der Waals surface area contributed by atoms with E-state index >= 15 is 0 Å². The van der Waals surface area contributed by atoms with Crippen LogP contribution in [0.2, 0.25) is 0 Å². The lowest BCUT2D eigenvalue weighted by Gasteiger charge is -2.20. The van der Waals surface area contributed by atoms with Gasteiger partial charge in [0.2, 0.25) is 0 Å². The highest BCUT2D eigenvalue weighted by atomic mass is 16.6. The van der Waals surface area contributed by atoms with Crippen molar-refractivity contribution in [2.24, 2.45) is 5.73 Å². The van der Waals surface area contributed by atoms with Crippen LogP contribution in [0, 0.1) is 0 Å². The van der Waals surface area contributed by atoms with Crippen LogP contribution in [0.5, 0.6) is 0 Å². The molecule has 0 saturated carbocycles. The molecule has 0 amide bonds. The minimum absolute atomic E-state index is 0.142. The summed E-state index contributed by atoms with van der Waals surface area (Å²) in [7, 11) is 0. The van der Waals surface area contributed by atoms with Gasteiger partial charge in [-0.3, -0.25) is 0 Å².